The fourth-order valence-electron chi connectivity index (χ4n) is 2.44. The molecule has 0 saturated carbocycles. The van der Waals surface area contributed by atoms with E-state index in [9.17, 15) is 4.79 Å². The summed E-state index contributed by atoms with van der Waals surface area (Å²) in [6.45, 7) is 4.17. The largest absolute Gasteiger partial charge is 0.462 e. The van der Waals surface area contributed by atoms with Crippen molar-refractivity contribution in [3.63, 3.8) is 0 Å². The molecule has 0 saturated heterocycles. The first kappa shape index (κ1) is 14.5. The zero-order valence-corrected chi connectivity index (χ0v) is 13.6. The third kappa shape index (κ3) is 2.58. The van der Waals surface area contributed by atoms with Crippen LogP contribution in [0.5, 0.6) is 0 Å². The SMILES string of the molecule is CCSc1cc(SCC)c(=O)c2c3ccccc3coc1-2. The van der Waals surface area contributed by atoms with Crippen molar-refractivity contribution in [2.45, 2.75) is 23.6 Å². The van der Waals surface area contributed by atoms with Crippen molar-refractivity contribution < 1.29 is 4.42 Å². The van der Waals surface area contributed by atoms with Gasteiger partial charge in [0, 0.05) is 5.39 Å². The monoisotopic (exact) mass is 316 g/mol. The molecule has 0 N–H and O–H groups in total. The summed E-state index contributed by atoms with van der Waals surface area (Å²) in [5.74, 6) is 2.55. The Kier molecular flexibility index (Phi) is 4.27. The van der Waals surface area contributed by atoms with Crippen molar-refractivity contribution >= 4 is 34.3 Å². The molecule has 0 unspecified atom stereocenters. The van der Waals surface area contributed by atoms with Gasteiger partial charge in [0.1, 0.15) is 0 Å². The molecule has 1 aromatic carbocycles. The van der Waals surface area contributed by atoms with Gasteiger partial charge in [0.15, 0.2) is 5.76 Å². The maximum absolute atomic E-state index is 12.8. The molecule has 0 amide bonds. The normalized spacial score (nSPS) is 11.3. The molecule has 0 radical (unpaired) electrons. The number of hydrogen-bond donors (Lipinski definition) is 0. The maximum Gasteiger partial charge on any atom is 0.203 e. The predicted octanol–water partition coefficient (Wildman–Crippen LogP) is 5.12. The Balaban J connectivity index is 2.41. The fourth-order valence-corrected chi connectivity index (χ4v) is 4.05. The maximum atomic E-state index is 12.8. The molecule has 0 spiro atoms. The molecule has 2 nitrogen and oxygen atoms in total. The average molecular weight is 316 g/mol. The zero-order valence-electron chi connectivity index (χ0n) is 12.0. The summed E-state index contributed by atoms with van der Waals surface area (Å²) in [5.41, 5.74) is 0.792. The smallest absolute Gasteiger partial charge is 0.203 e. The molecule has 3 rings (SSSR count). The van der Waals surface area contributed by atoms with Crippen LogP contribution in [-0.2, 0) is 0 Å². The molecule has 0 atom stereocenters. The molecule has 0 bridgehead atoms. The molecule has 0 fully saturated rings. The van der Waals surface area contributed by atoms with Crippen LogP contribution in [0.15, 0.2) is 55.6 Å². The van der Waals surface area contributed by atoms with Crippen molar-refractivity contribution in [2.24, 2.45) is 0 Å². The lowest BCUT2D eigenvalue weighted by Gasteiger charge is -2.13. The van der Waals surface area contributed by atoms with Gasteiger partial charge in [0.05, 0.1) is 21.6 Å². The quantitative estimate of drug-likeness (QED) is 0.493. The molecule has 108 valence electrons. The van der Waals surface area contributed by atoms with Crippen LogP contribution in [0.25, 0.3) is 22.1 Å². The molecule has 0 aromatic heterocycles. The summed E-state index contributed by atoms with van der Waals surface area (Å²) in [4.78, 5) is 14.7. The third-order valence-corrected chi connectivity index (χ3v) is 5.10. The molecule has 4 heteroatoms. The van der Waals surface area contributed by atoms with E-state index in [1.54, 1.807) is 29.8 Å². The highest BCUT2D eigenvalue weighted by Gasteiger charge is 2.20. The van der Waals surface area contributed by atoms with Crippen LogP contribution in [0.3, 0.4) is 0 Å². The lowest BCUT2D eigenvalue weighted by molar-refractivity contribution is 0.561. The van der Waals surface area contributed by atoms with E-state index < -0.39 is 0 Å². The molecule has 1 heterocycles. The molecule has 1 aliphatic heterocycles. The van der Waals surface area contributed by atoms with Crippen molar-refractivity contribution in [3.8, 4) is 11.3 Å². The summed E-state index contributed by atoms with van der Waals surface area (Å²) in [7, 11) is 0. The van der Waals surface area contributed by atoms with E-state index in [4.69, 9.17) is 4.42 Å². The zero-order chi connectivity index (χ0) is 14.8. The van der Waals surface area contributed by atoms with Gasteiger partial charge >= 0.3 is 0 Å². The number of rotatable bonds is 4. The molecule has 2 aliphatic rings. The van der Waals surface area contributed by atoms with Crippen LogP contribution in [0, 0.1) is 0 Å². The summed E-state index contributed by atoms with van der Waals surface area (Å²) in [6.07, 6.45) is 1.74. The van der Waals surface area contributed by atoms with Gasteiger partial charge in [-0.15, -0.1) is 23.5 Å². The Morgan fingerprint density at radius 3 is 2.52 bits per heavy atom. The minimum atomic E-state index is 0.0813. The lowest BCUT2D eigenvalue weighted by Crippen LogP contribution is -2.10. The van der Waals surface area contributed by atoms with Crippen LogP contribution in [0.1, 0.15) is 13.8 Å². The minimum Gasteiger partial charge on any atom is -0.462 e. The number of fused-ring (bicyclic) bond motifs is 3. The predicted molar refractivity (Wildman–Crippen MR) is 91.9 cm³/mol. The third-order valence-electron chi connectivity index (χ3n) is 3.30. The first-order chi connectivity index (χ1) is 10.3. The molecule has 1 aliphatic carbocycles. The highest BCUT2D eigenvalue weighted by atomic mass is 32.2. The van der Waals surface area contributed by atoms with Crippen LogP contribution in [0.4, 0.5) is 0 Å². The van der Waals surface area contributed by atoms with Crippen molar-refractivity contribution in [1.82, 2.24) is 0 Å². The Hall–Kier alpha value is -1.39. The van der Waals surface area contributed by atoms with Gasteiger partial charge in [-0.05, 0) is 23.0 Å². The average Bonchev–Trinajstić information content (AvgIpc) is 2.51. The standard InChI is InChI=1S/C17H16O2S2/c1-3-20-13-9-14(21-4-2)17-15(16(13)18)12-8-6-5-7-11(12)10-19-17/h5-10H,3-4H2,1-2H3. The van der Waals surface area contributed by atoms with Gasteiger partial charge in [-0.1, -0.05) is 38.1 Å². The number of benzene rings is 2. The van der Waals surface area contributed by atoms with Crippen molar-refractivity contribution in [2.75, 3.05) is 11.5 Å². The Bertz CT molecular complexity index is 808. The molecular formula is C17H16O2S2. The Labute approximate surface area is 132 Å². The van der Waals surface area contributed by atoms with Crippen LogP contribution in [-0.4, -0.2) is 11.5 Å². The topological polar surface area (TPSA) is 30.2 Å². The first-order valence-corrected chi connectivity index (χ1v) is 8.96. The number of thioether (sulfide) groups is 2. The Morgan fingerprint density at radius 1 is 1.05 bits per heavy atom. The van der Waals surface area contributed by atoms with E-state index in [0.29, 0.717) is 11.3 Å². The number of hydrogen-bond acceptors (Lipinski definition) is 4. The molecule has 1 aromatic rings. The van der Waals surface area contributed by atoms with E-state index in [1.165, 1.54) is 0 Å². The van der Waals surface area contributed by atoms with Gasteiger partial charge in [-0.2, -0.15) is 0 Å². The van der Waals surface area contributed by atoms with Crippen molar-refractivity contribution in [1.29, 1.82) is 0 Å². The molecule has 21 heavy (non-hydrogen) atoms. The van der Waals surface area contributed by atoms with Crippen LogP contribution >= 0.6 is 23.5 Å². The summed E-state index contributed by atoms with van der Waals surface area (Å²) in [5, 5.41) is 1.94. The van der Waals surface area contributed by atoms with E-state index in [2.05, 4.69) is 13.8 Å². The second kappa shape index (κ2) is 6.16. The molecular weight excluding hydrogens is 300 g/mol. The summed E-state index contributed by atoms with van der Waals surface area (Å²) < 4.78 is 5.79. The second-order valence-corrected chi connectivity index (χ2v) is 7.21. The second-order valence-electron chi connectivity index (χ2n) is 4.60. The van der Waals surface area contributed by atoms with E-state index in [-0.39, 0.29) is 5.43 Å². The van der Waals surface area contributed by atoms with Gasteiger partial charge in [-0.25, -0.2) is 0 Å². The van der Waals surface area contributed by atoms with Crippen LogP contribution < -0.4 is 5.43 Å². The summed E-state index contributed by atoms with van der Waals surface area (Å²) in [6, 6.07) is 9.87. The van der Waals surface area contributed by atoms with Crippen molar-refractivity contribution in [3.05, 3.63) is 46.8 Å². The van der Waals surface area contributed by atoms with Gasteiger partial charge in [0.25, 0.3) is 0 Å². The first-order valence-electron chi connectivity index (χ1n) is 6.99. The fraction of sp³-hybridized carbons (Fsp3) is 0.235. The van der Waals surface area contributed by atoms with Gasteiger partial charge in [0.2, 0.25) is 5.43 Å². The highest BCUT2D eigenvalue weighted by Crippen LogP contribution is 2.37. The van der Waals surface area contributed by atoms with E-state index in [1.807, 2.05) is 30.3 Å². The lowest BCUT2D eigenvalue weighted by atomic mass is 10.0. The minimum absolute atomic E-state index is 0.0813. The highest BCUT2D eigenvalue weighted by molar-refractivity contribution is 8.00. The van der Waals surface area contributed by atoms with Gasteiger partial charge < -0.3 is 4.42 Å². The van der Waals surface area contributed by atoms with Gasteiger partial charge in [-0.3, -0.25) is 4.79 Å². The van der Waals surface area contributed by atoms with Crippen LogP contribution in [0.2, 0.25) is 0 Å². The summed E-state index contributed by atoms with van der Waals surface area (Å²) >= 11 is 3.31. The van der Waals surface area contributed by atoms with E-state index >= 15 is 0 Å². The Morgan fingerprint density at radius 2 is 1.76 bits per heavy atom. The van der Waals surface area contributed by atoms with E-state index in [0.717, 1.165) is 32.1 Å².